The van der Waals surface area contributed by atoms with Crippen LogP contribution in [-0.2, 0) is 6.54 Å². The third-order valence-corrected chi connectivity index (χ3v) is 4.61. The van der Waals surface area contributed by atoms with Gasteiger partial charge in [-0.1, -0.05) is 11.6 Å². The molecule has 0 spiro atoms. The zero-order valence-electron chi connectivity index (χ0n) is 9.16. The number of nitrogens with zero attached hydrogens (tertiary/aromatic N) is 2. The fourth-order valence-corrected chi connectivity index (χ4v) is 3.76. The number of likely N-dealkylation sites (tertiary alicyclic amines) is 1. The van der Waals surface area contributed by atoms with Crippen molar-refractivity contribution in [3.05, 3.63) is 15.5 Å². The Balaban J connectivity index is 1.63. The molecular weight excluding hydrogens is 242 g/mol. The van der Waals surface area contributed by atoms with Crippen LogP contribution >= 0.6 is 22.9 Å². The molecule has 5 heteroatoms. The van der Waals surface area contributed by atoms with E-state index in [4.69, 9.17) is 11.6 Å². The van der Waals surface area contributed by atoms with Crippen molar-refractivity contribution in [2.45, 2.75) is 37.9 Å². The predicted octanol–water partition coefficient (Wildman–Crippen LogP) is 2.12. The van der Waals surface area contributed by atoms with Gasteiger partial charge in [0.05, 0.1) is 0 Å². The molecule has 1 aromatic heterocycles. The first-order chi connectivity index (χ1) is 7.79. The van der Waals surface area contributed by atoms with Crippen LogP contribution in [0.5, 0.6) is 0 Å². The number of rotatable bonds is 2. The Labute approximate surface area is 105 Å². The summed E-state index contributed by atoms with van der Waals surface area (Å²) in [6.45, 7) is 3.38. The van der Waals surface area contributed by atoms with Gasteiger partial charge in [-0.05, 0) is 19.3 Å². The standard InChI is InChI=1S/C11H16ClN3S/c12-11-13-5-10(16-11)7-15-4-3-8-1-2-9(6-15)14-8/h5,8-9,14H,1-4,6-7H2. The quantitative estimate of drug-likeness (QED) is 0.880. The lowest BCUT2D eigenvalue weighted by Gasteiger charge is -2.22. The zero-order chi connectivity index (χ0) is 11.0. The zero-order valence-corrected chi connectivity index (χ0v) is 10.7. The largest absolute Gasteiger partial charge is 0.310 e. The van der Waals surface area contributed by atoms with E-state index in [1.165, 1.54) is 37.2 Å². The third kappa shape index (κ3) is 2.40. The highest BCUT2D eigenvalue weighted by atomic mass is 35.5. The molecular formula is C11H16ClN3S. The molecule has 2 fully saturated rings. The van der Waals surface area contributed by atoms with E-state index in [0.717, 1.165) is 12.6 Å². The van der Waals surface area contributed by atoms with Gasteiger partial charge in [0.15, 0.2) is 4.47 Å². The van der Waals surface area contributed by atoms with E-state index in [1.54, 1.807) is 11.3 Å². The van der Waals surface area contributed by atoms with Gasteiger partial charge in [0.2, 0.25) is 0 Å². The summed E-state index contributed by atoms with van der Waals surface area (Å²) >= 11 is 7.45. The molecule has 2 aliphatic rings. The number of fused-ring (bicyclic) bond motifs is 2. The van der Waals surface area contributed by atoms with E-state index in [9.17, 15) is 0 Å². The molecule has 2 saturated heterocycles. The Bertz CT molecular complexity index is 368. The Morgan fingerprint density at radius 2 is 2.31 bits per heavy atom. The third-order valence-electron chi connectivity index (χ3n) is 3.51. The maximum atomic E-state index is 5.85. The Hall–Kier alpha value is -0.160. The number of nitrogens with one attached hydrogen (secondary N) is 1. The van der Waals surface area contributed by atoms with Crippen molar-refractivity contribution in [1.82, 2.24) is 15.2 Å². The van der Waals surface area contributed by atoms with Crippen LogP contribution in [0.4, 0.5) is 0 Å². The molecule has 0 amide bonds. The second kappa shape index (κ2) is 4.61. The van der Waals surface area contributed by atoms with E-state index in [1.807, 2.05) is 6.20 Å². The first kappa shape index (κ1) is 11.0. The molecule has 0 saturated carbocycles. The topological polar surface area (TPSA) is 28.2 Å². The van der Waals surface area contributed by atoms with E-state index in [-0.39, 0.29) is 0 Å². The van der Waals surface area contributed by atoms with E-state index in [2.05, 4.69) is 15.2 Å². The number of thiazole rings is 1. The van der Waals surface area contributed by atoms with E-state index in [0.29, 0.717) is 10.5 Å². The summed E-state index contributed by atoms with van der Waals surface area (Å²) in [7, 11) is 0. The average molecular weight is 258 g/mol. The maximum Gasteiger partial charge on any atom is 0.183 e. The number of hydrogen-bond donors (Lipinski definition) is 1. The highest BCUT2D eigenvalue weighted by molar-refractivity contribution is 7.15. The Kier molecular flexibility index (Phi) is 3.16. The number of hydrogen-bond acceptors (Lipinski definition) is 4. The lowest BCUT2D eigenvalue weighted by atomic mass is 10.1. The van der Waals surface area contributed by atoms with Crippen molar-refractivity contribution in [1.29, 1.82) is 0 Å². The van der Waals surface area contributed by atoms with Crippen LogP contribution in [0.3, 0.4) is 0 Å². The summed E-state index contributed by atoms with van der Waals surface area (Å²) in [5, 5.41) is 3.69. The summed E-state index contributed by atoms with van der Waals surface area (Å²) in [6, 6.07) is 1.47. The molecule has 1 aromatic rings. The van der Waals surface area contributed by atoms with Crippen LogP contribution in [0.15, 0.2) is 6.20 Å². The first-order valence-corrected chi connectivity index (χ1v) is 7.07. The van der Waals surface area contributed by atoms with Crippen molar-refractivity contribution in [3.63, 3.8) is 0 Å². The summed E-state index contributed by atoms with van der Waals surface area (Å²) in [5.41, 5.74) is 0. The highest BCUT2D eigenvalue weighted by Gasteiger charge is 2.29. The van der Waals surface area contributed by atoms with Crippen LogP contribution < -0.4 is 5.32 Å². The highest BCUT2D eigenvalue weighted by Crippen LogP contribution is 2.24. The van der Waals surface area contributed by atoms with E-state index < -0.39 is 0 Å². The van der Waals surface area contributed by atoms with Gasteiger partial charge in [0.25, 0.3) is 0 Å². The lowest BCUT2D eigenvalue weighted by molar-refractivity contribution is 0.253. The monoisotopic (exact) mass is 257 g/mol. The van der Waals surface area contributed by atoms with Gasteiger partial charge in [-0.2, -0.15) is 0 Å². The van der Waals surface area contributed by atoms with Gasteiger partial charge in [-0.25, -0.2) is 4.98 Å². The Morgan fingerprint density at radius 3 is 3.12 bits per heavy atom. The van der Waals surface area contributed by atoms with Crippen molar-refractivity contribution in [2.75, 3.05) is 13.1 Å². The van der Waals surface area contributed by atoms with Gasteiger partial charge < -0.3 is 5.32 Å². The molecule has 3 heterocycles. The molecule has 16 heavy (non-hydrogen) atoms. The number of aromatic nitrogens is 1. The normalized spacial score (nSPS) is 30.6. The summed E-state index contributed by atoms with van der Waals surface area (Å²) in [6.07, 6.45) is 5.89. The molecule has 0 aliphatic carbocycles. The van der Waals surface area contributed by atoms with Gasteiger partial charge in [-0.15, -0.1) is 11.3 Å². The molecule has 2 bridgehead atoms. The summed E-state index contributed by atoms with van der Waals surface area (Å²) in [4.78, 5) is 7.90. The van der Waals surface area contributed by atoms with Crippen molar-refractivity contribution in [3.8, 4) is 0 Å². The molecule has 2 aliphatic heterocycles. The van der Waals surface area contributed by atoms with Crippen LogP contribution in [0.2, 0.25) is 4.47 Å². The van der Waals surface area contributed by atoms with Gasteiger partial charge in [-0.3, -0.25) is 4.90 Å². The van der Waals surface area contributed by atoms with E-state index >= 15 is 0 Å². The molecule has 88 valence electrons. The molecule has 2 unspecified atom stereocenters. The SMILES string of the molecule is Clc1ncc(CN2CCC3CCC(C2)N3)s1. The van der Waals surface area contributed by atoms with Crippen LogP contribution in [0, 0.1) is 0 Å². The second-order valence-corrected chi connectivity index (χ2v) is 6.44. The molecule has 2 atom stereocenters. The molecule has 3 rings (SSSR count). The molecule has 0 radical (unpaired) electrons. The lowest BCUT2D eigenvalue weighted by Crippen LogP contribution is -2.34. The van der Waals surface area contributed by atoms with Crippen LogP contribution in [-0.4, -0.2) is 35.1 Å². The Morgan fingerprint density at radius 1 is 1.44 bits per heavy atom. The van der Waals surface area contributed by atoms with Crippen molar-refractivity contribution in [2.24, 2.45) is 0 Å². The van der Waals surface area contributed by atoms with Gasteiger partial charge in [0, 0.05) is 42.8 Å². The van der Waals surface area contributed by atoms with Gasteiger partial charge in [0.1, 0.15) is 0 Å². The fourth-order valence-electron chi connectivity index (χ4n) is 2.74. The summed E-state index contributed by atoms with van der Waals surface area (Å²) in [5.74, 6) is 0. The molecule has 1 N–H and O–H groups in total. The minimum Gasteiger partial charge on any atom is -0.310 e. The molecule has 0 aromatic carbocycles. The summed E-state index contributed by atoms with van der Waals surface area (Å²) < 4.78 is 0.657. The van der Waals surface area contributed by atoms with Crippen molar-refractivity contribution < 1.29 is 0 Å². The number of halogens is 1. The second-order valence-electron chi connectivity index (χ2n) is 4.74. The molecule has 3 nitrogen and oxygen atoms in total. The minimum atomic E-state index is 0.657. The van der Waals surface area contributed by atoms with Crippen LogP contribution in [0.25, 0.3) is 0 Å². The van der Waals surface area contributed by atoms with Gasteiger partial charge >= 0.3 is 0 Å². The maximum absolute atomic E-state index is 5.85. The average Bonchev–Trinajstić information content (AvgIpc) is 2.77. The van der Waals surface area contributed by atoms with Crippen LogP contribution in [0.1, 0.15) is 24.1 Å². The first-order valence-electron chi connectivity index (χ1n) is 5.88. The van der Waals surface area contributed by atoms with Crippen molar-refractivity contribution >= 4 is 22.9 Å². The predicted molar refractivity (Wildman–Crippen MR) is 67.0 cm³/mol. The smallest absolute Gasteiger partial charge is 0.183 e. The fraction of sp³-hybridized carbons (Fsp3) is 0.727. The minimum absolute atomic E-state index is 0.657.